The number of benzene rings is 1. The molecule has 0 bridgehead atoms. The summed E-state index contributed by atoms with van der Waals surface area (Å²) in [7, 11) is -3.35. The van der Waals surface area contributed by atoms with Crippen LogP contribution in [-0.2, 0) is 10.0 Å². The second-order valence-electron chi connectivity index (χ2n) is 8.35. The molecule has 0 amide bonds. The number of sulfonamides is 1. The fourth-order valence-corrected chi connectivity index (χ4v) is 6.26. The number of pyridine rings is 1. The molecule has 0 radical (unpaired) electrons. The third-order valence-corrected chi connectivity index (χ3v) is 8.31. The highest BCUT2D eigenvalue weighted by Crippen LogP contribution is 2.41. The van der Waals surface area contributed by atoms with Gasteiger partial charge in [0.05, 0.1) is 34.2 Å². The number of halogens is 5. The van der Waals surface area contributed by atoms with E-state index in [-0.39, 0.29) is 35.8 Å². The predicted octanol–water partition coefficient (Wildman–Crippen LogP) is 5.25. The number of hydrogen-bond acceptors (Lipinski definition) is 8. The van der Waals surface area contributed by atoms with E-state index < -0.39 is 50.1 Å². The SMILES string of the molecule is CNc1nccc(-c2sc(-c3ccc(F)cn3)nc2C2=C(F)C(NS(=O)(=O)c3c(F)cc(F)cc3F)CC=C2)n1. The predicted molar refractivity (Wildman–Crippen MR) is 138 cm³/mol. The van der Waals surface area contributed by atoms with Gasteiger partial charge in [0.25, 0.3) is 0 Å². The summed E-state index contributed by atoms with van der Waals surface area (Å²) in [4.78, 5) is 15.9. The maximum Gasteiger partial charge on any atom is 0.247 e. The first-order chi connectivity index (χ1) is 19.1. The topological polar surface area (TPSA) is 110 Å². The van der Waals surface area contributed by atoms with Crippen LogP contribution in [0.5, 0.6) is 0 Å². The molecule has 5 rings (SSSR count). The normalized spacial score (nSPS) is 15.5. The van der Waals surface area contributed by atoms with E-state index in [1.807, 2.05) is 4.72 Å². The number of anilines is 1. The summed E-state index contributed by atoms with van der Waals surface area (Å²) in [5, 5.41) is 3.09. The lowest BCUT2D eigenvalue weighted by molar-refractivity contribution is 0.478. The van der Waals surface area contributed by atoms with E-state index in [9.17, 15) is 26.0 Å². The van der Waals surface area contributed by atoms with Crippen LogP contribution >= 0.6 is 11.3 Å². The van der Waals surface area contributed by atoms with E-state index >= 15 is 4.39 Å². The molecule has 1 atom stereocenters. The molecule has 1 aliphatic rings. The smallest absolute Gasteiger partial charge is 0.247 e. The minimum atomic E-state index is -4.96. The Morgan fingerprint density at radius 3 is 2.38 bits per heavy atom. The molecule has 3 aromatic heterocycles. The molecule has 15 heteroatoms. The van der Waals surface area contributed by atoms with Gasteiger partial charge in [0, 0.05) is 31.0 Å². The first-order valence-electron chi connectivity index (χ1n) is 11.4. The molecule has 0 fully saturated rings. The van der Waals surface area contributed by atoms with Crippen LogP contribution in [0.4, 0.5) is 27.9 Å². The minimum Gasteiger partial charge on any atom is -0.357 e. The fourth-order valence-electron chi connectivity index (χ4n) is 3.91. The summed E-state index contributed by atoms with van der Waals surface area (Å²) < 4.78 is 98.7. The summed E-state index contributed by atoms with van der Waals surface area (Å²) in [5.74, 6) is -5.92. The van der Waals surface area contributed by atoms with E-state index in [4.69, 9.17) is 0 Å². The van der Waals surface area contributed by atoms with Crippen molar-refractivity contribution in [3.63, 3.8) is 0 Å². The molecule has 3 heterocycles. The second-order valence-corrected chi connectivity index (χ2v) is 11.0. The molecule has 206 valence electrons. The molecule has 8 nitrogen and oxygen atoms in total. The van der Waals surface area contributed by atoms with Gasteiger partial charge < -0.3 is 5.32 Å². The Balaban J connectivity index is 1.60. The molecule has 2 N–H and O–H groups in total. The molecule has 40 heavy (non-hydrogen) atoms. The van der Waals surface area contributed by atoms with Gasteiger partial charge in [-0.2, -0.15) is 0 Å². The van der Waals surface area contributed by atoms with Crippen molar-refractivity contribution in [2.24, 2.45) is 0 Å². The number of aromatic nitrogens is 4. The first-order valence-corrected chi connectivity index (χ1v) is 13.7. The molecule has 0 spiro atoms. The lowest BCUT2D eigenvalue weighted by atomic mass is 9.98. The van der Waals surface area contributed by atoms with Crippen molar-refractivity contribution in [2.45, 2.75) is 17.4 Å². The Morgan fingerprint density at radius 1 is 0.950 bits per heavy atom. The van der Waals surface area contributed by atoms with Crippen molar-refractivity contribution in [1.29, 1.82) is 0 Å². The minimum absolute atomic E-state index is 0.0728. The Labute approximate surface area is 228 Å². The van der Waals surface area contributed by atoms with E-state index in [1.54, 1.807) is 13.1 Å². The monoisotopic (exact) mass is 592 g/mol. The number of rotatable bonds is 7. The van der Waals surface area contributed by atoms with E-state index in [1.165, 1.54) is 30.5 Å². The lowest BCUT2D eigenvalue weighted by Crippen LogP contribution is -2.37. The maximum atomic E-state index is 15.9. The zero-order valence-electron chi connectivity index (χ0n) is 20.3. The summed E-state index contributed by atoms with van der Waals surface area (Å²) in [6.45, 7) is 0. The third kappa shape index (κ3) is 5.35. The van der Waals surface area contributed by atoms with E-state index in [2.05, 4.69) is 25.3 Å². The van der Waals surface area contributed by atoms with Gasteiger partial charge in [0.2, 0.25) is 16.0 Å². The highest BCUT2D eigenvalue weighted by atomic mass is 32.2. The van der Waals surface area contributed by atoms with Gasteiger partial charge in [0.1, 0.15) is 34.1 Å². The van der Waals surface area contributed by atoms with Gasteiger partial charge in [-0.3, -0.25) is 4.98 Å². The highest BCUT2D eigenvalue weighted by molar-refractivity contribution is 7.89. The van der Waals surface area contributed by atoms with Gasteiger partial charge in [-0.05, 0) is 24.6 Å². The lowest BCUT2D eigenvalue weighted by Gasteiger charge is -2.21. The molecule has 0 saturated heterocycles. The van der Waals surface area contributed by atoms with Crippen molar-refractivity contribution >= 4 is 32.9 Å². The van der Waals surface area contributed by atoms with Crippen molar-refractivity contribution in [2.75, 3.05) is 12.4 Å². The van der Waals surface area contributed by atoms with Crippen LogP contribution in [0.15, 0.2) is 65.6 Å². The van der Waals surface area contributed by atoms with Gasteiger partial charge >= 0.3 is 0 Å². The van der Waals surface area contributed by atoms with Crippen LogP contribution in [0.25, 0.3) is 26.8 Å². The Kier molecular flexibility index (Phi) is 7.44. The van der Waals surface area contributed by atoms with Gasteiger partial charge in [-0.25, -0.2) is 50.0 Å². The van der Waals surface area contributed by atoms with Crippen LogP contribution in [0.2, 0.25) is 0 Å². The zero-order chi connectivity index (χ0) is 28.6. The Morgan fingerprint density at radius 2 is 1.70 bits per heavy atom. The van der Waals surface area contributed by atoms with Gasteiger partial charge in [-0.15, -0.1) is 11.3 Å². The molecule has 0 saturated carbocycles. The van der Waals surface area contributed by atoms with Gasteiger partial charge in [0.15, 0.2) is 4.90 Å². The standard InChI is InChI=1S/C25H17F5N6O2S2/c1-31-25-32-8-7-18(34-25)22-21(35-24(39-22)19-6-5-12(26)11-33-19)14-3-2-4-17(20(14)30)36-40(37,38)23-15(28)9-13(27)10-16(23)29/h2-3,5-11,17,36H,4H2,1H3,(H,31,32,34). The number of thiazole rings is 1. The quantitative estimate of drug-likeness (QED) is 0.282. The van der Waals surface area contributed by atoms with Crippen LogP contribution in [0, 0.1) is 23.3 Å². The molecule has 1 aromatic carbocycles. The number of hydrogen-bond donors (Lipinski definition) is 2. The van der Waals surface area contributed by atoms with Crippen LogP contribution < -0.4 is 10.0 Å². The fraction of sp³-hybridized carbons (Fsp3) is 0.120. The molecule has 4 aromatic rings. The summed E-state index contributed by atoms with van der Waals surface area (Å²) in [6.07, 6.45) is 5.12. The van der Waals surface area contributed by atoms with Crippen molar-refractivity contribution in [3.8, 4) is 21.3 Å². The Bertz CT molecular complexity index is 1750. The van der Waals surface area contributed by atoms with Gasteiger partial charge in [-0.1, -0.05) is 12.2 Å². The third-order valence-electron chi connectivity index (χ3n) is 5.69. The summed E-state index contributed by atoms with van der Waals surface area (Å²) in [5.41, 5.74) is 0.598. The van der Waals surface area contributed by atoms with Crippen molar-refractivity contribution in [1.82, 2.24) is 24.7 Å². The average Bonchev–Trinajstić information content (AvgIpc) is 3.34. The van der Waals surface area contributed by atoms with Crippen LogP contribution in [0.1, 0.15) is 12.1 Å². The highest BCUT2D eigenvalue weighted by Gasteiger charge is 2.33. The van der Waals surface area contributed by atoms with Crippen LogP contribution in [-0.4, -0.2) is 41.4 Å². The molecule has 1 aliphatic carbocycles. The van der Waals surface area contributed by atoms with E-state index in [0.29, 0.717) is 21.3 Å². The van der Waals surface area contributed by atoms with Crippen molar-refractivity contribution < 1.29 is 30.4 Å². The molecule has 1 unspecified atom stereocenters. The molecular formula is C25H17F5N6O2S2. The molecule has 0 aliphatic heterocycles. The number of nitrogens with one attached hydrogen (secondary N) is 2. The Hall–Kier alpha value is -4.08. The number of nitrogens with zero attached hydrogens (tertiary/aromatic N) is 4. The molecular weight excluding hydrogens is 575 g/mol. The largest absolute Gasteiger partial charge is 0.357 e. The second kappa shape index (κ2) is 10.8. The van der Waals surface area contributed by atoms with Crippen LogP contribution in [0.3, 0.4) is 0 Å². The maximum absolute atomic E-state index is 15.9. The zero-order valence-corrected chi connectivity index (χ0v) is 21.9. The van der Waals surface area contributed by atoms with E-state index in [0.717, 1.165) is 17.5 Å². The number of allylic oxidation sites excluding steroid dienone is 2. The first kappa shape index (κ1) is 27.5. The summed E-state index contributed by atoms with van der Waals surface area (Å²) >= 11 is 1.08. The average molecular weight is 593 g/mol. The van der Waals surface area contributed by atoms with Crippen molar-refractivity contribution in [3.05, 3.63) is 89.7 Å². The summed E-state index contributed by atoms with van der Waals surface area (Å²) in [6, 6.07) is 3.00.